The molecule has 0 heterocycles. The van der Waals surface area contributed by atoms with Gasteiger partial charge >= 0.3 is 5.97 Å². The first-order chi connectivity index (χ1) is 6.56. The minimum atomic E-state index is -0.346. The number of carbonyl (C=O) groups is 1. The Morgan fingerprint density at radius 3 is 2.64 bits per heavy atom. The monoisotopic (exact) mass is 217 g/mol. The summed E-state index contributed by atoms with van der Waals surface area (Å²) in [6.45, 7) is 5.50. The summed E-state index contributed by atoms with van der Waals surface area (Å²) in [5, 5.41) is 10.3. The van der Waals surface area contributed by atoms with Crippen LogP contribution in [0.2, 0.25) is 0 Å². The first-order valence-corrected chi connectivity index (χ1v) is 5.34. The van der Waals surface area contributed by atoms with E-state index in [-0.39, 0.29) is 18.2 Å². The molecule has 0 aliphatic carbocycles. The molecule has 0 amide bonds. The zero-order chi connectivity index (χ0) is 11.0. The molecule has 0 rings (SSSR count). The SMILES string of the molecule is CC(=O)OC(COC(C)C)CSC#N. The number of esters is 1. The number of hydrogen-bond donors (Lipinski definition) is 0. The number of thioether (sulfide) groups is 1. The highest BCUT2D eigenvalue weighted by Crippen LogP contribution is 2.06. The van der Waals surface area contributed by atoms with Gasteiger partial charge in [0.05, 0.1) is 12.7 Å². The van der Waals surface area contributed by atoms with Gasteiger partial charge in [0.1, 0.15) is 11.5 Å². The number of rotatable bonds is 6. The average Bonchev–Trinajstić information content (AvgIpc) is 2.09. The van der Waals surface area contributed by atoms with Crippen molar-refractivity contribution in [2.24, 2.45) is 0 Å². The summed E-state index contributed by atoms with van der Waals surface area (Å²) in [4.78, 5) is 10.7. The van der Waals surface area contributed by atoms with E-state index in [1.807, 2.05) is 19.2 Å². The fourth-order valence-electron chi connectivity index (χ4n) is 0.781. The molecule has 5 heteroatoms. The molecule has 0 radical (unpaired) electrons. The molecule has 4 nitrogen and oxygen atoms in total. The largest absolute Gasteiger partial charge is 0.459 e. The zero-order valence-electron chi connectivity index (χ0n) is 8.65. The van der Waals surface area contributed by atoms with Crippen molar-refractivity contribution in [3.63, 3.8) is 0 Å². The second-order valence-corrected chi connectivity index (χ2v) is 3.82. The highest BCUT2D eigenvalue weighted by molar-refractivity contribution is 8.03. The number of nitrogens with zero attached hydrogens (tertiary/aromatic N) is 1. The molecule has 0 aromatic heterocycles. The predicted molar refractivity (Wildman–Crippen MR) is 54.7 cm³/mol. The van der Waals surface area contributed by atoms with E-state index in [4.69, 9.17) is 14.7 Å². The van der Waals surface area contributed by atoms with Crippen molar-refractivity contribution in [1.82, 2.24) is 0 Å². The third-order valence-electron chi connectivity index (χ3n) is 1.28. The van der Waals surface area contributed by atoms with Crippen LogP contribution >= 0.6 is 11.8 Å². The maximum atomic E-state index is 10.7. The standard InChI is InChI=1S/C9H15NO3S/c1-7(2)12-4-9(5-14-6-10)13-8(3)11/h7,9H,4-5H2,1-3H3. The van der Waals surface area contributed by atoms with Crippen molar-refractivity contribution in [2.75, 3.05) is 12.4 Å². The minimum absolute atomic E-state index is 0.0974. The second-order valence-electron chi connectivity index (χ2n) is 3.02. The topological polar surface area (TPSA) is 59.3 Å². The van der Waals surface area contributed by atoms with E-state index in [2.05, 4.69) is 0 Å². The quantitative estimate of drug-likeness (QED) is 0.499. The molecule has 0 fully saturated rings. The van der Waals surface area contributed by atoms with E-state index >= 15 is 0 Å². The highest BCUT2D eigenvalue weighted by Gasteiger charge is 2.13. The number of hydrogen-bond acceptors (Lipinski definition) is 5. The first-order valence-electron chi connectivity index (χ1n) is 4.36. The van der Waals surface area contributed by atoms with Gasteiger partial charge in [0, 0.05) is 12.7 Å². The fraction of sp³-hybridized carbons (Fsp3) is 0.778. The van der Waals surface area contributed by atoms with Gasteiger partial charge in [-0.25, -0.2) is 0 Å². The van der Waals surface area contributed by atoms with E-state index in [1.165, 1.54) is 6.92 Å². The minimum Gasteiger partial charge on any atom is -0.459 e. The second kappa shape index (κ2) is 7.65. The van der Waals surface area contributed by atoms with Gasteiger partial charge in [-0.15, -0.1) is 0 Å². The van der Waals surface area contributed by atoms with Crippen molar-refractivity contribution in [3.8, 4) is 5.40 Å². The molecule has 0 bridgehead atoms. The third-order valence-corrected chi connectivity index (χ3v) is 1.95. The molecule has 0 aliphatic rings. The first kappa shape index (κ1) is 13.3. The van der Waals surface area contributed by atoms with Crippen LogP contribution in [0.4, 0.5) is 0 Å². The third kappa shape index (κ3) is 7.90. The molecular weight excluding hydrogens is 202 g/mol. The van der Waals surface area contributed by atoms with Crippen molar-refractivity contribution in [2.45, 2.75) is 33.0 Å². The Morgan fingerprint density at radius 1 is 1.57 bits per heavy atom. The van der Waals surface area contributed by atoms with E-state index < -0.39 is 0 Å². The Bertz CT molecular complexity index is 213. The van der Waals surface area contributed by atoms with Gasteiger partial charge in [-0.3, -0.25) is 4.79 Å². The van der Waals surface area contributed by atoms with E-state index in [0.29, 0.717) is 12.4 Å². The van der Waals surface area contributed by atoms with Gasteiger partial charge in [0.15, 0.2) is 0 Å². The maximum absolute atomic E-state index is 10.7. The lowest BCUT2D eigenvalue weighted by molar-refractivity contribution is -0.148. The Morgan fingerprint density at radius 2 is 2.21 bits per heavy atom. The van der Waals surface area contributed by atoms with Crippen LogP contribution in [0.1, 0.15) is 20.8 Å². The Balaban J connectivity index is 3.85. The molecule has 0 aromatic carbocycles. The molecule has 0 saturated heterocycles. The van der Waals surface area contributed by atoms with Crippen molar-refractivity contribution in [1.29, 1.82) is 5.26 Å². The molecule has 1 unspecified atom stereocenters. The number of ether oxygens (including phenoxy) is 2. The van der Waals surface area contributed by atoms with Gasteiger partial charge in [-0.2, -0.15) is 5.26 Å². The summed E-state index contributed by atoms with van der Waals surface area (Å²) in [6, 6.07) is 0. The van der Waals surface area contributed by atoms with Crippen LogP contribution in [0.5, 0.6) is 0 Å². The zero-order valence-corrected chi connectivity index (χ0v) is 9.47. The van der Waals surface area contributed by atoms with Gasteiger partial charge < -0.3 is 9.47 Å². The lowest BCUT2D eigenvalue weighted by atomic mass is 10.4. The van der Waals surface area contributed by atoms with E-state index in [1.54, 1.807) is 0 Å². The average molecular weight is 217 g/mol. The number of nitriles is 1. The highest BCUT2D eigenvalue weighted by atomic mass is 32.2. The van der Waals surface area contributed by atoms with Crippen LogP contribution in [0.25, 0.3) is 0 Å². The summed E-state index contributed by atoms with van der Waals surface area (Å²) in [6.07, 6.45) is -0.236. The summed E-state index contributed by atoms with van der Waals surface area (Å²) in [5.74, 6) is 0.101. The van der Waals surface area contributed by atoms with Gasteiger partial charge in [-0.05, 0) is 25.6 Å². The number of thiocyanates is 1. The van der Waals surface area contributed by atoms with Gasteiger partial charge in [0.25, 0.3) is 0 Å². The maximum Gasteiger partial charge on any atom is 0.303 e. The smallest absolute Gasteiger partial charge is 0.303 e. The molecule has 80 valence electrons. The molecule has 0 spiro atoms. The molecule has 0 N–H and O–H groups in total. The van der Waals surface area contributed by atoms with Crippen LogP contribution in [0.3, 0.4) is 0 Å². The molecule has 1 atom stereocenters. The lowest BCUT2D eigenvalue weighted by Gasteiger charge is -2.16. The fourth-order valence-corrected chi connectivity index (χ4v) is 1.21. The van der Waals surface area contributed by atoms with Crippen molar-refractivity contribution >= 4 is 17.7 Å². The van der Waals surface area contributed by atoms with Crippen LogP contribution in [-0.4, -0.2) is 30.5 Å². The molecule has 0 aliphatic heterocycles. The summed E-state index contributed by atoms with van der Waals surface area (Å²) in [7, 11) is 0. The summed E-state index contributed by atoms with van der Waals surface area (Å²) < 4.78 is 10.3. The van der Waals surface area contributed by atoms with Crippen LogP contribution in [0.15, 0.2) is 0 Å². The molecule has 0 saturated carbocycles. The van der Waals surface area contributed by atoms with E-state index in [0.717, 1.165) is 11.8 Å². The normalized spacial score (nSPS) is 12.2. The molecule has 14 heavy (non-hydrogen) atoms. The van der Waals surface area contributed by atoms with Crippen LogP contribution < -0.4 is 0 Å². The van der Waals surface area contributed by atoms with Crippen LogP contribution in [0, 0.1) is 10.7 Å². The van der Waals surface area contributed by atoms with Crippen molar-refractivity contribution < 1.29 is 14.3 Å². The molecule has 0 aromatic rings. The Hall–Kier alpha value is -0.730. The summed E-state index contributed by atoms with van der Waals surface area (Å²) in [5.41, 5.74) is 0. The Labute approximate surface area is 88.6 Å². The molecular formula is C9H15NO3S. The Kier molecular flexibility index (Phi) is 7.25. The van der Waals surface area contributed by atoms with Gasteiger partial charge in [0.2, 0.25) is 0 Å². The van der Waals surface area contributed by atoms with Crippen LogP contribution in [-0.2, 0) is 14.3 Å². The lowest BCUT2D eigenvalue weighted by Crippen LogP contribution is -2.26. The summed E-state index contributed by atoms with van der Waals surface area (Å²) >= 11 is 1.06. The van der Waals surface area contributed by atoms with Gasteiger partial charge in [-0.1, -0.05) is 0 Å². The number of carbonyl (C=O) groups excluding carboxylic acids is 1. The van der Waals surface area contributed by atoms with Crippen molar-refractivity contribution in [3.05, 3.63) is 0 Å². The van der Waals surface area contributed by atoms with E-state index in [9.17, 15) is 4.79 Å². The predicted octanol–water partition coefficient (Wildman–Crippen LogP) is 1.56.